The number of pyridine rings is 1. The van der Waals surface area contributed by atoms with Gasteiger partial charge in [0.25, 0.3) is 0 Å². The molecular weight excluding hydrogens is 515 g/mol. The molecule has 0 atom stereocenters. The smallest absolute Gasteiger partial charge is 0.0353 e. The molecule has 9 rings (SSSR count). The number of benzene rings is 6. The van der Waals surface area contributed by atoms with Gasteiger partial charge in [-0.1, -0.05) is 96.7 Å². The first kappa shape index (κ1) is 23.3. The molecule has 7 aromatic rings. The van der Waals surface area contributed by atoms with Crippen molar-refractivity contribution in [2.24, 2.45) is 0 Å². The molecule has 6 aromatic carbocycles. The van der Waals surface area contributed by atoms with Crippen molar-refractivity contribution in [2.45, 2.75) is 35.5 Å². The van der Waals surface area contributed by atoms with Crippen molar-refractivity contribution in [3.05, 3.63) is 125 Å². The van der Waals surface area contributed by atoms with Gasteiger partial charge in [-0.05, 0) is 114 Å². The maximum atomic E-state index is 4.69. The average molecular weight is 542 g/mol. The molecule has 41 heavy (non-hydrogen) atoms. The third kappa shape index (κ3) is 3.47. The number of hydrogen-bond donors (Lipinski definition) is 0. The summed E-state index contributed by atoms with van der Waals surface area (Å²) in [5.74, 6) is 0. The fourth-order valence-electron chi connectivity index (χ4n) is 7.29. The Morgan fingerprint density at radius 2 is 1.34 bits per heavy atom. The minimum absolute atomic E-state index is 1.06. The molecule has 0 fully saturated rings. The van der Waals surface area contributed by atoms with Crippen LogP contribution in [0.25, 0.3) is 66.4 Å². The molecule has 2 heteroatoms. The maximum absolute atomic E-state index is 4.69. The Bertz CT molecular complexity index is 2340. The van der Waals surface area contributed by atoms with E-state index < -0.39 is 0 Å². The van der Waals surface area contributed by atoms with Crippen LogP contribution in [0, 0.1) is 0 Å². The minimum atomic E-state index is 1.06. The fourth-order valence-corrected chi connectivity index (χ4v) is 8.52. The van der Waals surface area contributed by atoms with Crippen LogP contribution in [0.15, 0.2) is 113 Å². The first-order chi connectivity index (χ1) is 20.3. The summed E-state index contributed by atoms with van der Waals surface area (Å²) in [5, 5.41) is 13.3. The van der Waals surface area contributed by atoms with Crippen molar-refractivity contribution in [1.29, 1.82) is 0 Å². The predicted molar refractivity (Wildman–Crippen MR) is 175 cm³/mol. The molecule has 0 saturated heterocycles. The van der Waals surface area contributed by atoms with E-state index in [2.05, 4.69) is 114 Å². The molecule has 2 aliphatic carbocycles. The molecular formula is C39H27NS. The van der Waals surface area contributed by atoms with E-state index in [0.717, 1.165) is 25.7 Å². The summed E-state index contributed by atoms with van der Waals surface area (Å²) >= 11 is 1.94. The van der Waals surface area contributed by atoms with E-state index >= 15 is 0 Å². The summed E-state index contributed by atoms with van der Waals surface area (Å²) in [7, 11) is 0. The molecule has 0 spiro atoms. The van der Waals surface area contributed by atoms with E-state index in [1.54, 1.807) is 0 Å². The lowest BCUT2D eigenvalue weighted by atomic mass is 9.88. The second-order valence-electron chi connectivity index (χ2n) is 11.3. The Labute approximate surface area is 242 Å². The van der Waals surface area contributed by atoms with Crippen molar-refractivity contribution in [3.8, 4) is 11.1 Å². The fraction of sp³-hybridized carbons (Fsp3) is 0.103. The number of aromatic nitrogens is 1. The minimum Gasteiger partial charge on any atom is -0.264 e. The van der Waals surface area contributed by atoms with Crippen LogP contribution in [0.2, 0.25) is 0 Å². The van der Waals surface area contributed by atoms with Gasteiger partial charge < -0.3 is 0 Å². The van der Waals surface area contributed by atoms with E-state index in [9.17, 15) is 0 Å². The average Bonchev–Trinajstić information content (AvgIpc) is 3.46. The molecule has 0 amide bonds. The van der Waals surface area contributed by atoms with Gasteiger partial charge in [-0.25, -0.2) is 0 Å². The van der Waals surface area contributed by atoms with Crippen LogP contribution < -0.4 is 10.4 Å². The third-order valence-electron chi connectivity index (χ3n) is 9.09. The molecule has 0 bridgehead atoms. The lowest BCUT2D eigenvalue weighted by Gasteiger charge is -2.19. The van der Waals surface area contributed by atoms with Gasteiger partial charge in [0.15, 0.2) is 0 Å². The van der Waals surface area contributed by atoms with E-state index in [0.29, 0.717) is 0 Å². The Morgan fingerprint density at radius 1 is 0.585 bits per heavy atom. The number of fused-ring (bicyclic) bond motifs is 5. The molecule has 2 aliphatic rings. The second-order valence-corrected chi connectivity index (χ2v) is 12.3. The predicted octanol–water partition coefficient (Wildman–Crippen LogP) is 8.97. The number of nitrogens with zero attached hydrogens (tertiary/aromatic N) is 1. The van der Waals surface area contributed by atoms with E-state index in [1.165, 1.54) is 85.6 Å². The normalized spacial score (nSPS) is 14.0. The molecule has 0 unspecified atom stereocenters. The van der Waals surface area contributed by atoms with Gasteiger partial charge in [0.2, 0.25) is 0 Å². The summed E-state index contributed by atoms with van der Waals surface area (Å²) in [6, 6.07) is 33.9. The van der Waals surface area contributed by atoms with Crippen LogP contribution in [0.5, 0.6) is 0 Å². The summed E-state index contributed by atoms with van der Waals surface area (Å²) < 4.78 is 0. The van der Waals surface area contributed by atoms with Crippen LogP contribution >= 0.6 is 11.8 Å². The molecule has 194 valence electrons. The zero-order chi connectivity index (χ0) is 26.9. The van der Waals surface area contributed by atoms with Crippen molar-refractivity contribution >= 4 is 67.0 Å². The topological polar surface area (TPSA) is 12.9 Å². The summed E-state index contributed by atoms with van der Waals surface area (Å²) in [6.07, 6.45) is 13.4. The third-order valence-corrected chi connectivity index (χ3v) is 10.3. The van der Waals surface area contributed by atoms with Crippen molar-refractivity contribution in [3.63, 3.8) is 0 Å². The van der Waals surface area contributed by atoms with Crippen LogP contribution in [-0.4, -0.2) is 4.98 Å². The molecule has 0 radical (unpaired) electrons. The van der Waals surface area contributed by atoms with Gasteiger partial charge in [-0.2, -0.15) is 0 Å². The maximum Gasteiger partial charge on any atom is 0.0353 e. The molecule has 0 N–H and O–H groups in total. The lowest BCUT2D eigenvalue weighted by molar-refractivity contribution is 1.02. The zero-order valence-electron chi connectivity index (χ0n) is 22.7. The number of hydrogen-bond acceptors (Lipinski definition) is 2. The van der Waals surface area contributed by atoms with Crippen LogP contribution in [0.3, 0.4) is 0 Å². The molecule has 0 aliphatic heterocycles. The van der Waals surface area contributed by atoms with Crippen LogP contribution in [0.4, 0.5) is 0 Å². The van der Waals surface area contributed by atoms with Gasteiger partial charge in [0.05, 0.1) is 0 Å². The highest BCUT2D eigenvalue weighted by Crippen LogP contribution is 2.42. The first-order valence-corrected chi connectivity index (χ1v) is 15.4. The van der Waals surface area contributed by atoms with E-state index in [1.807, 2.05) is 18.0 Å². The molecule has 0 saturated carbocycles. The lowest BCUT2D eigenvalue weighted by Crippen LogP contribution is -2.31. The van der Waals surface area contributed by atoms with Gasteiger partial charge in [0, 0.05) is 27.6 Å². The van der Waals surface area contributed by atoms with Gasteiger partial charge >= 0.3 is 0 Å². The van der Waals surface area contributed by atoms with E-state index in [4.69, 9.17) is 0 Å². The summed E-state index contributed by atoms with van der Waals surface area (Å²) in [4.78, 5) is 7.38. The number of aryl methyl sites for hydroxylation is 2. The first-order valence-electron chi connectivity index (χ1n) is 14.6. The zero-order valence-corrected chi connectivity index (χ0v) is 23.5. The van der Waals surface area contributed by atoms with Gasteiger partial charge in [0.1, 0.15) is 0 Å². The quantitative estimate of drug-likeness (QED) is 0.207. The van der Waals surface area contributed by atoms with Crippen LogP contribution in [0.1, 0.15) is 24.0 Å². The Hall–Kier alpha value is -4.40. The highest BCUT2D eigenvalue weighted by molar-refractivity contribution is 7.99. The van der Waals surface area contributed by atoms with Gasteiger partial charge in [-0.3, -0.25) is 4.98 Å². The summed E-state index contributed by atoms with van der Waals surface area (Å²) in [5.41, 5.74) is 5.59. The highest BCUT2D eigenvalue weighted by atomic mass is 32.2. The Balaban J connectivity index is 1.38. The second kappa shape index (κ2) is 9.06. The molecule has 1 nitrogen and oxygen atoms in total. The van der Waals surface area contributed by atoms with Crippen molar-refractivity contribution in [1.82, 2.24) is 4.98 Å². The highest BCUT2D eigenvalue weighted by Gasteiger charge is 2.21. The number of rotatable bonds is 3. The molecule has 1 aromatic heterocycles. The summed E-state index contributed by atoms with van der Waals surface area (Å²) in [6.45, 7) is 0. The van der Waals surface area contributed by atoms with Gasteiger partial charge in [-0.15, -0.1) is 0 Å². The monoisotopic (exact) mass is 541 g/mol. The van der Waals surface area contributed by atoms with Crippen LogP contribution in [-0.2, 0) is 12.8 Å². The Morgan fingerprint density at radius 3 is 2.24 bits per heavy atom. The largest absolute Gasteiger partial charge is 0.264 e. The standard InChI is InChI=1S/C39H27NS/c1-2-10-27-26(8-1)22-34(29-12-4-3-11-28(27)29)38-30-13-5-6-14-31(30)39(32-20-21-40-23-35(32)38)41-36-19-18-25-17-16-24-9-7-15-33(36)37(24)25/h1-4,7-15,18-23H,5-6,16-17H2. The molecule has 1 heterocycles. The SMILES string of the molecule is C1=c2c(Sc3ccc4c5c(cccc35)CC4)c3ccncc3c(-c3cc4ccccc4c4ccccc34)c2=CCC1. The van der Waals surface area contributed by atoms with Crippen molar-refractivity contribution < 1.29 is 0 Å². The van der Waals surface area contributed by atoms with Crippen molar-refractivity contribution in [2.75, 3.05) is 0 Å². The van der Waals surface area contributed by atoms with E-state index in [-0.39, 0.29) is 0 Å². The Kier molecular flexibility index (Phi) is 5.15.